The summed E-state index contributed by atoms with van der Waals surface area (Å²) in [4.78, 5) is 6.75. The van der Waals surface area contributed by atoms with E-state index in [4.69, 9.17) is 4.74 Å². The summed E-state index contributed by atoms with van der Waals surface area (Å²) in [6.45, 7) is 4.86. The average Bonchev–Trinajstić information content (AvgIpc) is 3.36. The van der Waals surface area contributed by atoms with Crippen LogP contribution >= 0.6 is 0 Å². The lowest BCUT2D eigenvalue weighted by Crippen LogP contribution is -2.41. The maximum absolute atomic E-state index is 5.33. The van der Waals surface area contributed by atoms with Gasteiger partial charge in [-0.15, -0.1) is 0 Å². The predicted octanol–water partition coefficient (Wildman–Crippen LogP) is 2.19. The van der Waals surface area contributed by atoms with Gasteiger partial charge in [-0.05, 0) is 36.6 Å². The molecule has 6 nitrogen and oxygen atoms in total. The van der Waals surface area contributed by atoms with Crippen LogP contribution in [0.2, 0.25) is 0 Å². The van der Waals surface area contributed by atoms with Gasteiger partial charge < -0.3 is 24.8 Å². The van der Waals surface area contributed by atoms with Gasteiger partial charge in [-0.25, -0.2) is 0 Å². The molecule has 6 heteroatoms. The van der Waals surface area contributed by atoms with Crippen molar-refractivity contribution in [2.45, 2.75) is 13.0 Å². The molecular weight excluding hydrogens is 326 g/mol. The van der Waals surface area contributed by atoms with E-state index >= 15 is 0 Å². The summed E-state index contributed by atoms with van der Waals surface area (Å²) in [5.41, 5.74) is 1.24. The van der Waals surface area contributed by atoms with E-state index in [0.29, 0.717) is 5.92 Å². The van der Waals surface area contributed by atoms with Crippen LogP contribution in [0.4, 0.5) is 5.69 Å². The van der Waals surface area contributed by atoms with Crippen LogP contribution in [-0.4, -0.2) is 50.9 Å². The molecule has 1 aliphatic heterocycles. The van der Waals surface area contributed by atoms with Crippen LogP contribution in [0.25, 0.3) is 0 Å². The highest BCUT2D eigenvalue weighted by Crippen LogP contribution is 2.26. The number of anilines is 1. The van der Waals surface area contributed by atoms with Crippen LogP contribution in [0.1, 0.15) is 6.42 Å². The SMILES string of the molecule is CN=C(NCCn1cccc1)NCC1CCN(c2cccc(OC)c2)C1. The number of nitrogens with zero attached hydrogens (tertiary/aromatic N) is 3. The third-order valence-electron chi connectivity index (χ3n) is 4.81. The molecule has 0 spiro atoms. The summed E-state index contributed by atoms with van der Waals surface area (Å²) < 4.78 is 7.49. The predicted molar refractivity (Wildman–Crippen MR) is 107 cm³/mol. The Morgan fingerprint density at radius 3 is 2.85 bits per heavy atom. The lowest BCUT2D eigenvalue weighted by atomic mass is 10.1. The fourth-order valence-electron chi connectivity index (χ4n) is 3.33. The van der Waals surface area contributed by atoms with E-state index in [1.54, 1.807) is 7.11 Å². The van der Waals surface area contributed by atoms with Crippen molar-refractivity contribution in [3.05, 3.63) is 48.8 Å². The Morgan fingerprint density at radius 2 is 2.08 bits per heavy atom. The molecule has 2 N–H and O–H groups in total. The van der Waals surface area contributed by atoms with Gasteiger partial charge in [0.05, 0.1) is 7.11 Å². The maximum Gasteiger partial charge on any atom is 0.191 e. The largest absolute Gasteiger partial charge is 0.497 e. The smallest absolute Gasteiger partial charge is 0.191 e. The zero-order valence-corrected chi connectivity index (χ0v) is 15.7. The van der Waals surface area contributed by atoms with E-state index in [1.165, 1.54) is 12.1 Å². The highest BCUT2D eigenvalue weighted by molar-refractivity contribution is 5.79. The van der Waals surface area contributed by atoms with Gasteiger partial charge in [-0.1, -0.05) is 6.07 Å². The molecule has 0 bridgehead atoms. The van der Waals surface area contributed by atoms with E-state index in [-0.39, 0.29) is 0 Å². The second-order valence-corrected chi connectivity index (χ2v) is 6.60. The van der Waals surface area contributed by atoms with Crippen LogP contribution in [0.3, 0.4) is 0 Å². The van der Waals surface area contributed by atoms with E-state index in [2.05, 4.69) is 55.7 Å². The fourth-order valence-corrected chi connectivity index (χ4v) is 3.33. The monoisotopic (exact) mass is 355 g/mol. The number of aliphatic imine (C=N–C) groups is 1. The number of hydrogen-bond donors (Lipinski definition) is 2. The van der Waals surface area contributed by atoms with Crippen molar-refractivity contribution < 1.29 is 4.74 Å². The summed E-state index contributed by atoms with van der Waals surface area (Å²) in [5.74, 6) is 2.40. The Balaban J connectivity index is 1.41. The number of hydrogen-bond acceptors (Lipinski definition) is 3. The number of nitrogens with one attached hydrogen (secondary N) is 2. The maximum atomic E-state index is 5.33. The molecule has 1 aromatic carbocycles. The summed E-state index contributed by atoms with van der Waals surface area (Å²) in [6.07, 6.45) is 5.33. The molecule has 1 aliphatic rings. The average molecular weight is 355 g/mol. The molecule has 1 aromatic heterocycles. The fraction of sp³-hybridized carbons (Fsp3) is 0.450. The molecule has 140 valence electrons. The summed E-state index contributed by atoms with van der Waals surface area (Å²) in [6, 6.07) is 12.4. The van der Waals surface area contributed by atoms with Crippen LogP contribution in [-0.2, 0) is 6.54 Å². The Morgan fingerprint density at radius 1 is 1.23 bits per heavy atom. The second-order valence-electron chi connectivity index (χ2n) is 6.60. The second kappa shape index (κ2) is 9.17. The standard InChI is InChI=1S/C20H29N5O/c1-21-20(22-9-13-24-10-3-4-11-24)23-15-17-8-12-25(16-17)18-6-5-7-19(14-18)26-2/h3-7,10-11,14,17H,8-9,12-13,15-16H2,1-2H3,(H2,21,22,23). The minimum absolute atomic E-state index is 0.615. The first-order valence-electron chi connectivity index (χ1n) is 9.23. The molecule has 2 heterocycles. The molecule has 1 atom stereocenters. The van der Waals surface area contributed by atoms with Crippen LogP contribution in [0, 0.1) is 5.92 Å². The molecule has 1 fully saturated rings. The van der Waals surface area contributed by atoms with Gasteiger partial charge in [0.1, 0.15) is 5.75 Å². The molecule has 2 aromatic rings. The number of rotatable bonds is 7. The van der Waals surface area contributed by atoms with Crippen LogP contribution in [0.5, 0.6) is 5.75 Å². The number of benzene rings is 1. The molecule has 1 unspecified atom stereocenters. The van der Waals surface area contributed by atoms with E-state index in [1.807, 2.05) is 25.2 Å². The van der Waals surface area contributed by atoms with Gasteiger partial charge in [0.2, 0.25) is 0 Å². The molecule has 0 amide bonds. The molecule has 0 radical (unpaired) electrons. The number of aromatic nitrogens is 1. The minimum atomic E-state index is 0.615. The van der Waals surface area contributed by atoms with Gasteiger partial charge in [0.15, 0.2) is 5.96 Å². The summed E-state index contributed by atoms with van der Waals surface area (Å²) in [7, 11) is 3.53. The molecule has 26 heavy (non-hydrogen) atoms. The van der Waals surface area contributed by atoms with Gasteiger partial charge in [0, 0.05) is 63.9 Å². The van der Waals surface area contributed by atoms with Crippen molar-refractivity contribution in [3.8, 4) is 5.75 Å². The Labute approximate surface area is 155 Å². The number of methoxy groups -OCH3 is 1. The van der Waals surface area contributed by atoms with Crippen molar-refractivity contribution >= 4 is 11.6 Å². The van der Waals surface area contributed by atoms with Crippen molar-refractivity contribution in [1.29, 1.82) is 0 Å². The molecular formula is C20H29N5O. The van der Waals surface area contributed by atoms with Crippen molar-refractivity contribution in [3.63, 3.8) is 0 Å². The molecule has 1 saturated heterocycles. The molecule has 3 rings (SSSR count). The first-order valence-corrected chi connectivity index (χ1v) is 9.23. The normalized spacial score (nSPS) is 17.4. The van der Waals surface area contributed by atoms with Crippen molar-refractivity contribution in [2.75, 3.05) is 45.2 Å². The van der Waals surface area contributed by atoms with Crippen LogP contribution < -0.4 is 20.3 Å². The van der Waals surface area contributed by atoms with Gasteiger partial charge in [0.25, 0.3) is 0 Å². The summed E-state index contributed by atoms with van der Waals surface area (Å²) >= 11 is 0. The highest BCUT2D eigenvalue weighted by Gasteiger charge is 2.23. The topological polar surface area (TPSA) is 53.8 Å². The highest BCUT2D eigenvalue weighted by atomic mass is 16.5. The van der Waals surface area contributed by atoms with Gasteiger partial charge in [-0.3, -0.25) is 4.99 Å². The lowest BCUT2D eigenvalue weighted by Gasteiger charge is -2.20. The zero-order chi connectivity index (χ0) is 18.2. The summed E-state index contributed by atoms with van der Waals surface area (Å²) in [5, 5.41) is 6.84. The van der Waals surface area contributed by atoms with E-state index < -0.39 is 0 Å². The third-order valence-corrected chi connectivity index (χ3v) is 4.81. The van der Waals surface area contributed by atoms with Crippen molar-refractivity contribution in [1.82, 2.24) is 15.2 Å². The lowest BCUT2D eigenvalue weighted by molar-refractivity contribution is 0.415. The van der Waals surface area contributed by atoms with E-state index in [0.717, 1.165) is 44.4 Å². The Bertz CT molecular complexity index is 698. The van der Waals surface area contributed by atoms with Gasteiger partial charge in [-0.2, -0.15) is 0 Å². The van der Waals surface area contributed by atoms with Crippen LogP contribution in [0.15, 0.2) is 53.8 Å². The van der Waals surface area contributed by atoms with Crippen molar-refractivity contribution in [2.24, 2.45) is 10.9 Å². The van der Waals surface area contributed by atoms with Gasteiger partial charge >= 0.3 is 0 Å². The quantitative estimate of drug-likeness (QED) is 0.590. The number of guanidine groups is 1. The first-order chi connectivity index (χ1) is 12.8. The van der Waals surface area contributed by atoms with E-state index in [9.17, 15) is 0 Å². The first kappa shape index (κ1) is 18.2. The zero-order valence-electron chi connectivity index (χ0n) is 15.7. The Hall–Kier alpha value is -2.63. The molecule has 0 saturated carbocycles. The minimum Gasteiger partial charge on any atom is -0.497 e. The number of ether oxygens (including phenoxy) is 1. The Kier molecular flexibility index (Phi) is 6.41. The third kappa shape index (κ3) is 4.94. The molecule has 0 aliphatic carbocycles.